The summed E-state index contributed by atoms with van der Waals surface area (Å²) in [6.45, 7) is 5.52. The van der Waals surface area contributed by atoms with E-state index in [1.165, 1.54) is 0 Å². The Balaban J connectivity index is 1.80. The normalized spacial score (nSPS) is 10.6. The van der Waals surface area contributed by atoms with Gasteiger partial charge in [0.15, 0.2) is 0 Å². The molecule has 0 atom stereocenters. The number of aromatic nitrogens is 2. The Kier molecular flexibility index (Phi) is 5.17. The van der Waals surface area contributed by atoms with Crippen molar-refractivity contribution in [2.75, 3.05) is 6.54 Å². The predicted molar refractivity (Wildman–Crippen MR) is 87.8 cm³/mol. The first-order valence-electron chi connectivity index (χ1n) is 6.61. The van der Waals surface area contributed by atoms with Gasteiger partial charge in [-0.2, -0.15) is 5.10 Å². The zero-order valence-corrected chi connectivity index (χ0v) is 13.8. The van der Waals surface area contributed by atoms with Gasteiger partial charge < -0.3 is 5.32 Å². The Hall–Kier alpha value is -1.37. The first-order chi connectivity index (χ1) is 9.58. The van der Waals surface area contributed by atoms with Crippen LogP contribution < -0.4 is 5.32 Å². The molecule has 2 rings (SSSR count). The number of nitrogens with one attached hydrogen (secondary N) is 1. The van der Waals surface area contributed by atoms with Crippen LogP contribution in [-0.4, -0.2) is 22.2 Å². The summed E-state index contributed by atoms with van der Waals surface area (Å²) in [6, 6.07) is 9.66. The van der Waals surface area contributed by atoms with Crippen molar-refractivity contribution in [3.63, 3.8) is 0 Å². The Morgan fingerprint density at radius 2 is 2.10 bits per heavy atom. The minimum absolute atomic E-state index is 0.0108. The molecule has 0 bridgehead atoms. The Morgan fingerprint density at radius 3 is 2.75 bits per heavy atom. The lowest BCUT2D eigenvalue weighted by molar-refractivity contribution is 0.0951. The van der Waals surface area contributed by atoms with Crippen molar-refractivity contribution in [3.8, 4) is 0 Å². The number of hydrogen-bond acceptors (Lipinski definition) is 2. The van der Waals surface area contributed by atoms with E-state index < -0.39 is 0 Å². The van der Waals surface area contributed by atoms with Crippen LogP contribution >= 0.6 is 22.6 Å². The van der Waals surface area contributed by atoms with Gasteiger partial charge in [0.05, 0.1) is 11.3 Å². The summed E-state index contributed by atoms with van der Waals surface area (Å²) in [6.07, 6.45) is 0.872. The maximum atomic E-state index is 12.0. The smallest absolute Gasteiger partial charge is 0.252 e. The fourth-order valence-electron chi connectivity index (χ4n) is 2.07. The van der Waals surface area contributed by atoms with Gasteiger partial charge in [-0.1, -0.05) is 12.1 Å². The van der Waals surface area contributed by atoms with Crippen molar-refractivity contribution >= 4 is 28.5 Å². The third-order valence-corrected chi connectivity index (χ3v) is 3.99. The summed E-state index contributed by atoms with van der Waals surface area (Å²) in [5.41, 5.74) is 2.93. The SMILES string of the molecule is Cc1cc(C)n(CCCNC(=O)c2ccccc2I)n1. The second-order valence-corrected chi connectivity index (χ2v) is 5.90. The van der Waals surface area contributed by atoms with Gasteiger partial charge in [-0.25, -0.2) is 0 Å². The van der Waals surface area contributed by atoms with Crippen LogP contribution in [0.15, 0.2) is 30.3 Å². The highest BCUT2D eigenvalue weighted by molar-refractivity contribution is 14.1. The van der Waals surface area contributed by atoms with Crippen LogP contribution in [0.1, 0.15) is 28.2 Å². The van der Waals surface area contributed by atoms with Crippen LogP contribution in [-0.2, 0) is 6.54 Å². The minimum Gasteiger partial charge on any atom is -0.352 e. The first kappa shape index (κ1) is 15.0. The van der Waals surface area contributed by atoms with Crippen molar-refractivity contribution in [3.05, 3.63) is 50.9 Å². The number of nitrogens with zero attached hydrogens (tertiary/aromatic N) is 2. The summed E-state index contributed by atoms with van der Waals surface area (Å²) in [5, 5.41) is 7.35. The molecule has 1 aromatic carbocycles. The monoisotopic (exact) mass is 383 g/mol. The summed E-state index contributed by atoms with van der Waals surface area (Å²) in [7, 11) is 0. The molecule has 0 aliphatic rings. The maximum absolute atomic E-state index is 12.0. The van der Waals surface area contributed by atoms with Crippen molar-refractivity contribution < 1.29 is 4.79 Å². The molecule has 1 aromatic heterocycles. The summed E-state index contributed by atoms with van der Waals surface area (Å²) >= 11 is 2.18. The number of hydrogen-bond donors (Lipinski definition) is 1. The molecule has 1 amide bonds. The predicted octanol–water partition coefficient (Wildman–Crippen LogP) is 2.92. The summed E-state index contributed by atoms with van der Waals surface area (Å²) in [5.74, 6) is -0.0108. The van der Waals surface area contributed by atoms with Crippen LogP contribution in [0.2, 0.25) is 0 Å². The number of halogens is 1. The highest BCUT2D eigenvalue weighted by atomic mass is 127. The molecule has 0 radical (unpaired) electrons. The Morgan fingerprint density at radius 1 is 1.35 bits per heavy atom. The highest BCUT2D eigenvalue weighted by Gasteiger charge is 2.08. The fraction of sp³-hybridized carbons (Fsp3) is 0.333. The molecule has 5 heteroatoms. The Bertz CT molecular complexity index is 607. The third kappa shape index (κ3) is 3.82. The van der Waals surface area contributed by atoms with Gasteiger partial charge in [0, 0.05) is 22.4 Å². The zero-order valence-electron chi connectivity index (χ0n) is 11.7. The van der Waals surface area contributed by atoms with Gasteiger partial charge in [-0.3, -0.25) is 9.48 Å². The van der Waals surface area contributed by atoms with Gasteiger partial charge in [-0.05, 0) is 61.1 Å². The third-order valence-electron chi connectivity index (χ3n) is 3.05. The van der Waals surface area contributed by atoms with Gasteiger partial charge >= 0.3 is 0 Å². The van der Waals surface area contributed by atoms with Gasteiger partial charge in [0.2, 0.25) is 0 Å². The molecule has 0 saturated heterocycles. The Labute approximate surface area is 132 Å². The van der Waals surface area contributed by atoms with Crippen LogP contribution in [0.5, 0.6) is 0 Å². The molecule has 106 valence electrons. The summed E-state index contributed by atoms with van der Waals surface area (Å²) in [4.78, 5) is 12.0. The molecule has 20 heavy (non-hydrogen) atoms. The van der Waals surface area contributed by atoms with Crippen molar-refractivity contribution in [1.29, 1.82) is 0 Å². The van der Waals surface area contributed by atoms with E-state index in [9.17, 15) is 4.79 Å². The lowest BCUT2D eigenvalue weighted by atomic mass is 10.2. The van der Waals surface area contributed by atoms with Crippen LogP contribution in [0.25, 0.3) is 0 Å². The molecule has 0 aliphatic carbocycles. The molecule has 0 unspecified atom stereocenters. The van der Waals surface area contributed by atoms with E-state index in [2.05, 4.69) is 39.1 Å². The molecular formula is C15H18IN3O. The molecule has 1 heterocycles. The van der Waals surface area contributed by atoms with E-state index in [0.717, 1.165) is 33.5 Å². The molecule has 4 nitrogen and oxygen atoms in total. The lowest BCUT2D eigenvalue weighted by Gasteiger charge is -2.07. The van der Waals surface area contributed by atoms with Crippen LogP contribution in [0.4, 0.5) is 0 Å². The molecule has 0 aliphatic heterocycles. The van der Waals surface area contributed by atoms with Crippen molar-refractivity contribution in [1.82, 2.24) is 15.1 Å². The number of benzene rings is 1. The molecule has 2 aromatic rings. The number of rotatable bonds is 5. The molecule has 0 saturated carbocycles. The summed E-state index contributed by atoms with van der Waals surface area (Å²) < 4.78 is 2.95. The van der Waals surface area contributed by atoms with Crippen molar-refractivity contribution in [2.45, 2.75) is 26.8 Å². The molecular weight excluding hydrogens is 365 g/mol. The molecule has 1 N–H and O–H groups in total. The maximum Gasteiger partial charge on any atom is 0.252 e. The van der Waals surface area contributed by atoms with E-state index in [1.807, 2.05) is 42.8 Å². The van der Waals surface area contributed by atoms with Crippen molar-refractivity contribution in [2.24, 2.45) is 0 Å². The zero-order chi connectivity index (χ0) is 14.5. The fourth-order valence-corrected chi connectivity index (χ4v) is 2.70. The van der Waals surface area contributed by atoms with Crippen LogP contribution in [0.3, 0.4) is 0 Å². The van der Waals surface area contributed by atoms with Gasteiger partial charge in [0.1, 0.15) is 0 Å². The minimum atomic E-state index is -0.0108. The van der Waals surface area contributed by atoms with E-state index >= 15 is 0 Å². The second-order valence-electron chi connectivity index (χ2n) is 4.74. The van der Waals surface area contributed by atoms with E-state index in [4.69, 9.17) is 0 Å². The van der Waals surface area contributed by atoms with E-state index in [0.29, 0.717) is 6.54 Å². The van der Waals surface area contributed by atoms with E-state index in [1.54, 1.807) is 0 Å². The largest absolute Gasteiger partial charge is 0.352 e. The van der Waals surface area contributed by atoms with E-state index in [-0.39, 0.29) is 5.91 Å². The standard InChI is InChI=1S/C15H18IN3O/c1-11-10-12(2)19(18-11)9-5-8-17-15(20)13-6-3-4-7-14(13)16/h3-4,6-7,10H,5,8-9H2,1-2H3,(H,17,20). The topological polar surface area (TPSA) is 46.9 Å². The quantitative estimate of drug-likeness (QED) is 0.638. The average molecular weight is 383 g/mol. The molecule has 0 spiro atoms. The average Bonchev–Trinajstić information content (AvgIpc) is 2.73. The number of amides is 1. The van der Waals surface area contributed by atoms with Gasteiger partial charge in [0.25, 0.3) is 5.91 Å². The first-order valence-corrected chi connectivity index (χ1v) is 7.69. The van der Waals surface area contributed by atoms with Crippen LogP contribution in [0, 0.1) is 17.4 Å². The second kappa shape index (κ2) is 6.88. The lowest BCUT2D eigenvalue weighted by Crippen LogP contribution is -2.26. The number of carbonyl (C=O) groups is 1. The van der Waals surface area contributed by atoms with Gasteiger partial charge in [-0.15, -0.1) is 0 Å². The number of carbonyl (C=O) groups excluding carboxylic acids is 1. The highest BCUT2D eigenvalue weighted by Crippen LogP contribution is 2.11. The molecule has 0 fully saturated rings. The number of aryl methyl sites for hydroxylation is 3.